The Labute approximate surface area is 95.5 Å². The van der Waals surface area contributed by atoms with Crippen LogP contribution in [0.5, 0.6) is 0 Å². The third-order valence-corrected chi connectivity index (χ3v) is 2.54. The number of carbonyl (C=O) groups excluding carboxylic acids is 1. The Hall–Kier alpha value is -1.39. The third-order valence-electron chi connectivity index (χ3n) is 2.54. The topological polar surface area (TPSA) is 60.2 Å². The van der Waals surface area contributed by atoms with Crippen molar-refractivity contribution in [3.05, 3.63) is 0 Å². The number of rotatable bonds is 3. The smallest absolute Gasteiger partial charge is 0.377 e. The van der Waals surface area contributed by atoms with Gasteiger partial charge in [0, 0.05) is 6.42 Å². The zero-order valence-electron chi connectivity index (χ0n) is 10.4. The first-order valence-corrected chi connectivity index (χ1v) is 5.33. The molecular formula is C11H18N2O3. The van der Waals surface area contributed by atoms with Crippen LogP contribution >= 0.6 is 0 Å². The average molecular weight is 226 g/mol. The van der Waals surface area contributed by atoms with Crippen molar-refractivity contribution in [3.63, 3.8) is 0 Å². The van der Waals surface area contributed by atoms with Gasteiger partial charge in [-0.1, -0.05) is 24.2 Å². The van der Waals surface area contributed by atoms with Crippen molar-refractivity contribution in [1.29, 1.82) is 0 Å². The van der Waals surface area contributed by atoms with Crippen LogP contribution < -0.4 is 0 Å². The molecular weight excluding hydrogens is 208 g/mol. The molecule has 1 aliphatic heterocycles. The minimum absolute atomic E-state index is 0.253. The Kier molecular flexibility index (Phi) is 3.67. The Morgan fingerprint density at radius 1 is 1.62 bits per heavy atom. The molecule has 1 rings (SSSR count). The normalized spacial score (nSPS) is 25.4. The molecule has 0 amide bonds. The fourth-order valence-electron chi connectivity index (χ4n) is 1.16. The summed E-state index contributed by atoms with van der Waals surface area (Å²) in [5.74, 6) is -0.254. The predicted molar refractivity (Wildman–Crippen MR) is 61.3 cm³/mol. The molecule has 0 aromatic heterocycles. The molecule has 5 heteroatoms. The van der Waals surface area contributed by atoms with E-state index in [1.807, 2.05) is 20.8 Å². The summed E-state index contributed by atoms with van der Waals surface area (Å²) in [6, 6.07) is 0. The van der Waals surface area contributed by atoms with Crippen molar-refractivity contribution in [2.45, 2.75) is 46.6 Å². The van der Waals surface area contributed by atoms with Crippen LogP contribution in [0.25, 0.3) is 0 Å². The van der Waals surface area contributed by atoms with Gasteiger partial charge >= 0.3 is 5.97 Å². The van der Waals surface area contributed by atoms with Crippen molar-refractivity contribution in [2.24, 2.45) is 16.2 Å². The van der Waals surface area contributed by atoms with Crippen LogP contribution in [-0.4, -0.2) is 23.0 Å². The highest BCUT2D eigenvalue weighted by Gasteiger charge is 2.43. The van der Waals surface area contributed by atoms with E-state index in [1.165, 1.54) is 0 Å². The zero-order chi connectivity index (χ0) is 12.3. The van der Waals surface area contributed by atoms with Gasteiger partial charge in [0.05, 0.1) is 11.4 Å². The molecule has 0 fully saturated rings. The van der Waals surface area contributed by atoms with Crippen molar-refractivity contribution in [2.75, 3.05) is 0 Å². The molecule has 0 aliphatic carbocycles. The Balaban J connectivity index is 2.57. The van der Waals surface area contributed by atoms with Gasteiger partial charge in [-0.3, -0.25) is 0 Å². The molecule has 0 N–H and O–H groups in total. The molecule has 1 aliphatic rings. The summed E-state index contributed by atoms with van der Waals surface area (Å²) in [5, 5.41) is 7.51. The molecule has 0 bridgehead atoms. The van der Waals surface area contributed by atoms with Crippen LogP contribution in [0, 0.1) is 5.92 Å². The van der Waals surface area contributed by atoms with Crippen molar-refractivity contribution < 1.29 is 14.5 Å². The summed E-state index contributed by atoms with van der Waals surface area (Å²) in [4.78, 5) is 21.6. The number of oxime groups is 2. The maximum atomic E-state index is 11.7. The Morgan fingerprint density at radius 3 is 2.69 bits per heavy atom. The van der Waals surface area contributed by atoms with E-state index in [-0.39, 0.29) is 5.92 Å². The van der Waals surface area contributed by atoms with Crippen LogP contribution in [0.3, 0.4) is 0 Å². The lowest BCUT2D eigenvalue weighted by atomic mass is 10.0. The van der Waals surface area contributed by atoms with Crippen LogP contribution in [-0.2, 0) is 14.5 Å². The van der Waals surface area contributed by atoms with E-state index in [4.69, 9.17) is 9.68 Å². The second-order valence-corrected chi connectivity index (χ2v) is 4.59. The van der Waals surface area contributed by atoms with Crippen LogP contribution in [0.4, 0.5) is 0 Å². The first-order chi connectivity index (χ1) is 7.35. The van der Waals surface area contributed by atoms with Gasteiger partial charge in [0.25, 0.3) is 0 Å². The first-order valence-electron chi connectivity index (χ1n) is 5.33. The fourth-order valence-corrected chi connectivity index (χ4v) is 1.16. The second kappa shape index (κ2) is 4.63. The summed E-state index contributed by atoms with van der Waals surface area (Å²) < 4.78 is 0. The molecule has 1 heterocycles. The average Bonchev–Trinajstić information content (AvgIpc) is 2.55. The van der Waals surface area contributed by atoms with Crippen molar-refractivity contribution >= 4 is 17.4 Å². The van der Waals surface area contributed by atoms with Gasteiger partial charge in [0.2, 0.25) is 5.60 Å². The summed E-state index contributed by atoms with van der Waals surface area (Å²) >= 11 is 0. The molecule has 0 aromatic carbocycles. The SMILES string of the molecule is CC1=NOC(C)(C(=O)O/N=C(\C)C(C)C)C1. The molecule has 16 heavy (non-hydrogen) atoms. The standard InChI is InChI=1S/C11H18N2O3/c1-7(2)9(4)13-15-10(14)11(5)6-8(3)12-16-11/h7H,6H2,1-5H3/b13-9+. The quantitative estimate of drug-likeness (QED) is 0.420. The number of hydrogen-bond donors (Lipinski definition) is 0. The maximum absolute atomic E-state index is 11.7. The van der Waals surface area contributed by atoms with Gasteiger partial charge in [0.15, 0.2) is 0 Å². The lowest BCUT2D eigenvalue weighted by Gasteiger charge is -2.17. The zero-order valence-corrected chi connectivity index (χ0v) is 10.4. The van der Waals surface area contributed by atoms with E-state index in [0.717, 1.165) is 11.4 Å². The minimum atomic E-state index is -1.02. The summed E-state index contributed by atoms with van der Waals surface area (Å²) in [7, 11) is 0. The van der Waals surface area contributed by atoms with Gasteiger partial charge < -0.3 is 9.68 Å². The molecule has 1 atom stereocenters. The highest BCUT2D eigenvalue weighted by atomic mass is 16.7. The Morgan fingerprint density at radius 2 is 2.25 bits per heavy atom. The van der Waals surface area contributed by atoms with Gasteiger partial charge in [-0.15, -0.1) is 0 Å². The van der Waals surface area contributed by atoms with E-state index in [9.17, 15) is 4.79 Å². The van der Waals surface area contributed by atoms with Gasteiger partial charge in [-0.05, 0) is 26.7 Å². The second-order valence-electron chi connectivity index (χ2n) is 4.59. The van der Waals surface area contributed by atoms with Crippen LogP contribution in [0.1, 0.15) is 41.0 Å². The summed E-state index contributed by atoms with van der Waals surface area (Å²) in [6.07, 6.45) is 0.447. The van der Waals surface area contributed by atoms with Gasteiger partial charge in [-0.2, -0.15) is 0 Å². The molecule has 0 aromatic rings. The fraction of sp³-hybridized carbons (Fsp3) is 0.727. The predicted octanol–water partition coefficient (Wildman–Crippen LogP) is 2.12. The third kappa shape index (κ3) is 2.81. The molecule has 0 spiro atoms. The monoisotopic (exact) mass is 226 g/mol. The lowest BCUT2D eigenvalue weighted by Crippen LogP contribution is -2.36. The molecule has 5 nitrogen and oxygen atoms in total. The first kappa shape index (κ1) is 12.7. The molecule has 0 radical (unpaired) electrons. The van der Waals surface area contributed by atoms with E-state index in [0.29, 0.717) is 6.42 Å². The molecule has 1 unspecified atom stereocenters. The van der Waals surface area contributed by atoms with Gasteiger partial charge in [0.1, 0.15) is 0 Å². The molecule has 0 saturated heterocycles. The minimum Gasteiger partial charge on any atom is -0.377 e. The number of hydrogen-bond acceptors (Lipinski definition) is 5. The largest absolute Gasteiger partial charge is 0.381 e. The highest BCUT2D eigenvalue weighted by molar-refractivity contribution is 5.92. The van der Waals surface area contributed by atoms with E-state index in [2.05, 4.69) is 10.3 Å². The van der Waals surface area contributed by atoms with E-state index in [1.54, 1.807) is 13.8 Å². The van der Waals surface area contributed by atoms with E-state index < -0.39 is 11.6 Å². The summed E-state index contributed by atoms with van der Waals surface area (Å²) in [5.41, 5.74) is 0.529. The maximum Gasteiger partial charge on any atom is 0.381 e. The molecule has 0 saturated carbocycles. The number of nitrogens with zero attached hydrogens (tertiary/aromatic N) is 2. The van der Waals surface area contributed by atoms with Crippen LogP contribution in [0.2, 0.25) is 0 Å². The summed E-state index contributed by atoms with van der Waals surface area (Å²) in [6.45, 7) is 9.23. The van der Waals surface area contributed by atoms with E-state index >= 15 is 0 Å². The van der Waals surface area contributed by atoms with Gasteiger partial charge in [-0.25, -0.2) is 4.79 Å². The van der Waals surface area contributed by atoms with Crippen molar-refractivity contribution in [3.8, 4) is 0 Å². The van der Waals surface area contributed by atoms with Crippen LogP contribution in [0.15, 0.2) is 10.3 Å². The number of carbonyl (C=O) groups is 1. The van der Waals surface area contributed by atoms with Crippen molar-refractivity contribution in [1.82, 2.24) is 0 Å². The molecule has 90 valence electrons. The Bertz CT molecular complexity index is 347. The lowest BCUT2D eigenvalue weighted by molar-refractivity contribution is -0.167. The highest BCUT2D eigenvalue weighted by Crippen LogP contribution is 2.24.